The average Bonchev–Trinajstić information content (AvgIpc) is 3.03. The summed E-state index contributed by atoms with van der Waals surface area (Å²) in [4.78, 5) is 37.7. The van der Waals surface area contributed by atoms with E-state index in [-0.39, 0.29) is 28.2 Å². The molecule has 1 heterocycles. The van der Waals surface area contributed by atoms with Gasteiger partial charge in [-0.2, -0.15) is 0 Å². The van der Waals surface area contributed by atoms with Crippen molar-refractivity contribution in [3.05, 3.63) is 51.9 Å². The summed E-state index contributed by atoms with van der Waals surface area (Å²) in [6.07, 6.45) is 2.65. The Bertz CT molecular complexity index is 976. The molecule has 0 bridgehead atoms. The molecule has 0 fully saturated rings. The van der Waals surface area contributed by atoms with E-state index < -0.39 is 17.8 Å². The molecular formula is C23H27NO6S. The minimum atomic E-state index is -0.610. The van der Waals surface area contributed by atoms with Crippen LogP contribution >= 0.6 is 11.3 Å². The van der Waals surface area contributed by atoms with Crippen LogP contribution in [0.2, 0.25) is 0 Å². The maximum Gasteiger partial charge on any atom is 0.348 e. The first kappa shape index (κ1) is 24.1. The number of para-hydroxylation sites is 1. The first-order chi connectivity index (χ1) is 14.8. The molecule has 0 atom stereocenters. The smallest absolute Gasteiger partial charge is 0.348 e. The molecule has 1 aromatic carbocycles. The van der Waals surface area contributed by atoms with Crippen molar-refractivity contribution < 1.29 is 28.6 Å². The summed E-state index contributed by atoms with van der Waals surface area (Å²) in [6.45, 7) is 9.34. The van der Waals surface area contributed by atoms with Crippen molar-refractivity contribution in [2.75, 3.05) is 18.5 Å². The van der Waals surface area contributed by atoms with Gasteiger partial charge in [0.15, 0.2) is 0 Å². The summed E-state index contributed by atoms with van der Waals surface area (Å²) in [7, 11) is 0. The van der Waals surface area contributed by atoms with Crippen molar-refractivity contribution in [3.8, 4) is 5.75 Å². The van der Waals surface area contributed by atoms with Crippen molar-refractivity contribution in [2.45, 2.75) is 40.7 Å². The van der Waals surface area contributed by atoms with E-state index >= 15 is 0 Å². The van der Waals surface area contributed by atoms with Crippen LogP contribution in [0.1, 0.15) is 58.9 Å². The van der Waals surface area contributed by atoms with Gasteiger partial charge >= 0.3 is 11.9 Å². The Morgan fingerprint density at radius 3 is 2.45 bits per heavy atom. The highest BCUT2D eigenvalue weighted by Gasteiger charge is 2.27. The van der Waals surface area contributed by atoms with E-state index in [2.05, 4.69) is 5.32 Å². The Morgan fingerprint density at radius 2 is 1.81 bits per heavy atom. The third kappa shape index (κ3) is 6.42. The fourth-order valence-electron chi connectivity index (χ4n) is 2.74. The highest BCUT2D eigenvalue weighted by molar-refractivity contribution is 7.18. The second kappa shape index (κ2) is 11.3. The number of hydrogen-bond donors (Lipinski definition) is 1. The van der Waals surface area contributed by atoms with Crippen LogP contribution in [0.4, 0.5) is 5.00 Å². The van der Waals surface area contributed by atoms with Crippen LogP contribution in [0.25, 0.3) is 6.08 Å². The summed E-state index contributed by atoms with van der Waals surface area (Å²) in [5, 5.41) is 2.92. The minimum absolute atomic E-state index is 0.152. The number of amides is 1. The second-order valence-corrected chi connectivity index (χ2v) is 7.75. The van der Waals surface area contributed by atoms with E-state index in [1.54, 1.807) is 33.8 Å². The molecule has 0 aliphatic heterocycles. The Hall–Kier alpha value is -3.13. The molecule has 8 heteroatoms. The van der Waals surface area contributed by atoms with Crippen molar-refractivity contribution in [1.29, 1.82) is 0 Å². The molecule has 1 N–H and O–H groups in total. The molecule has 7 nitrogen and oxygen atoms in total. The summed E-state index contributed by atoms with van der Waals surface area (Å²) in [6, 6.07) is 7.33. The van der Waals surface area contributed by atoms with Gasteiger partial charge in [-0.15, -0.1) is 11.3 Å². The molecule has 0 aliphatic carbocycles. The number of carbonyl (C=O) groups is 3. The summed E-state index contributed by atoms with van der Waals surface area (Å²) >= 11 is 0.986. The molecule has 0 unspecified atom stereocenters. The Morgan fingerprint density at radius 1 is 1.10 bits per heavy atom. The lowest BCUT2D eigenvalue weighted by molar-refractivity contribution is -0.111. The van der Waals surface area contributed by atoms with Gasteiger partial charge in [-0.05, 0) is 52.3 Å². The zero-order chi connectivity index (χ0) is 23.0. The van der Waals surface area contributed by atoms with Crippen LogP contribution in [0.3, 0.4) is 0 Å². The van der Waals surface area contributed by atoms with E-state index in [0.717, 1.165) is 16.9 Å². The summed E-state index contributed by atoms with van der Waals surface area (Å²) < 4.78 is 15.9. The summed E-state index contributed by atoms with van der Waals surface area (Å²) in [5.74, 6) is -0.959. The van der Waals surface area contributed by atoms with E-state index in [4.69, 9.17) is 14.2 Å². The van der Waals surface area contributed by atoms with Crippen molar-refractivity contribution >= 4 is 40.3 Å². The predicted molar refractivity (Wildman–Crippen MR) is 121 cm³/mol. The molecule has 0 saturated carbocycles. The van der Waals surface area contributed by atoms with Gasteiger partial charge in [0.1, 0.15) is 15.6 Å². The highest BCUT2D eigenvalue weighted by atomic mass is 32.1. The molecule has 31 heavy (non-hydrogen) atoms. The standard InChI is InChI=1S/C23H27NO6S/c1-6-28-17-11-9-8-10-16(17)12-13-18(25)24-21-19(22(26)29-7-2)15(5)20(31-21)23(27)30-14(3)4/h8-14H,6-7H2,1-5H3,(H,24,25)/b13-12+. The molecule has 0 aliphatic rings. The molecule has 0 saturated heterocycles. The van der Waals surface area contributed by atoms with Gasteiger partial charge in [0.2, 0.25) is 5.91 Å². The van der Waals surface area contributed by atoms with Crippen LogP contribution in [-0.4, -0.2) is 37.2 Å². The number of esters is 2. The molecule has 1 amide bonds. The van der Waals surface area contributed by atoms with Gasteiger partial charge in [-0.1, -0.05) is 18.2 Å². The normalized spacial score (nSPS) is 10.9. The average molecular weight is 446 g/mol. The van der Waals surface area contributed by atoms with Gasteiger partial charge in [-0.3, -0.25) is 4.79 Å². The van der Waals surface area contributed by atoms with Crippen molar-refractivity contribution in [3.63, 3.8) is 0 Å². The first-order valence-corrected chi connectivity index (χ1v) is 10.8. The molecule has 2 rings (SSSR count). The number of carbonyl (C=O) groups excluding carboxylic acids is 3. The Labute approximate surface area is 186 Å². The Balaban J connectivity index is 2.31. The van der Waals surface area contributed by atoms with E-state index in [0.29, 0.717) is 17.9 Å². The molecule has 1 aromatic heterocycles. The van der Waals surface area contributed by atoms with Crippen LogP contribution in [-0.2, 0) is 14.3 Å². The number of anilines is 1. The van der Waals surface area contributed by atoms with Crippen molar-refractivity contribution in [2.24, 2.45) is 0 Å². The Kier molecular flexibility index (Phi) is 8.81. The number of rotatable bonds is 9. The van der Waals surface area contributed by atoms with Crippen LogP contribution in [0.15, 0.2) is 30.3 Å². The lowest BCUT2D eigenvalue weighted by Crippen LogP contribution is -2.13. The van der Waals surface area contributed by atoms with Crippen LogP contribution in [0.5, 0.6) is 5.75 Å². The minimum Gasteiger partial charge on any atom is -0.493 e. The van der Waals surface area contributed by atoms with Crippen molar-refractivity contribution in [1.82, 2.24) is 0 Å². The van der Waals surface area contributed by atoms with E-state index in [1.807, 2.05) is 31.2 Å². The molecule has 0 radical (unpaired) electrons. The van der Waals surface area contributed by atoms with Crippen LogP contribution in [0, 0.1) is 6.92 Å². The maximum absolute atomic E-state index is 12.6. The third-order valence-corrected chi connectivity index (χ3v) is 5.21. The number of ether oxygens (including phenoxy) is 3. The van der Waals surface area contributed by atoms with E-state index in [1.165, 1.54) is 6.08 Å². The number of nitrogens with one attached hydrogen (secondary N) is 1. The summed E-state index contributed by atoms with van der Waals surface area (Å²) in [5.41, 5.74) is 1.31. The van der Waals surface area contributed by atoms with Gasteiger partial charge in [0.25, 0.3) is 0 Å². The quantitative estimate of drug-likeness (QED) is 0.438. The largest absolute Gasteiger partial charge is 0.493 e. The number of thiophene rings is 1. The fraction of sp³-hybridized carbons (Fsp3) is 0.348. The molecule has 2 aromatic rings. The molecular weight excluding hydrogens is 418 g/mol. The zero-order valence-corrected chi connectivity index (χ0v) is 19.1. The molecule has 0 spiro atoms. The topological polar surface area (TPSA) is 90.9 Å². The monoisotopic (exact) mass is 445 g/mol. The van der Waals surface area contributed by atoms with Gasteiger partial charge in [0, 0.05) is 11.6 Å². The van der Waals surface area contributed by atoms with Crippen LogP contribution < -0.4 is 10.1 Å². The second-order valence-electron chi connectivity index (χ2n) is 6.73. The predicted octanol–water partition coefficient (Wildman–Crippen LogP) is 4.85. The number of benzene rings is 1. The SMILES string of the molecule is CCOC(=O)c1c(NC(=O)/C=C/c2ccccc2OCC)sc(C(=O)OC(C)C)c1C. The van der Waals surface area contributed by atoms with Gasteiger partial charge in [-0.25, -0.2) is 9.59 Å². The molecule has 166 valence electrons. The third-order valence-electron chi connectivity index (χ3n) is 4.02. The maximum atomic E-state index is 12.6. The van der Waals surface area contributed by atoms with Gasteiger partial charge < -0.3 is 19.5 Å². The van der Waals surface area contributed by atoms with E-state index in [9.17, 15) is 14.4 Å². The highest BCUT2D eigenvalue weighted by Crippen LogP contribution is 2.34. The van der Waals surface area contributed by atoms with Gasteiger partial charge in [0.05, 0.1) is 24.9 Å². The number of hydrogen-bond acceptors (Lipinski definition) is 7. The lowest BCUT2D eigenvalue weighted by atomic mass is 10.1. The zero-order valence-electron chi connectivity index (χ0n) is 18.3. The fourth-order valence-corrected chi connectivity index (χ4v) is 3.82. The first-order valence-electron chi connectivity index (χ1n) is 10.0. The lowest BCUT2D eigenvalue weighted by Gasteiger charge is -2.07.